The third-order valence-corrected chi connectivity index (χ3v) is 9.53. The number of nitrogens with one attached hydrogen (secondary N) is 2. The van der Waals surface area contributed by atoms with Crippen molar-refractivity contribution in [1.82, 2.24) is 10.6 Å². The van der Waals surface area contributed by atoms with Crippen LogP contribution in [0.2, 0.25) is 0 Å². The summed E-state index contributed by atoms with van der Waals surface area (Å²) >= 11 is 0. The highest BCUT2D eigenvalue weighted by molar-refractivity contribution is 7.91. The van der Waals surface area contributed by atoms with Crippen LogP contribution in [0.5, 0.6) is 0 Å². The summed E-state index contributed by atoms with van der Waals surface area (Å²) in [4.78, 5) is 38.2. The molecule has 4 rings (SSSR count). The van der Waals surface area contributed by atoms with E-state index in [1.54, 1.807) is 18.2 Å². The van der Waals surface area contributed by atoms with E-state index in [1.807, 2.05) is 60.7 Å². The van der Waals surface area contributed by atoms with Gasteiger partial charge in [0.25, 0.3) is 0 Å². The topological polar surface area (TPSA) is 176 Å². The molecule has 13 nitrogen and oxygen atoms in total. The molecule has 3 aromatic rings. The van der Waals surface area contributed by atoms with E-state index in [4.69, 9.17) is 23.7 Å². The summed E-state index contributed by atoms with van der Waals surface area (Å²) in [5.74, 6) is -2.45. The maximum Gasteiger partial charge on any atom is 0.328 e. The number of amides is 2. The number of sulfone groups is 1. The van der Waals surface area contributed by atoms with Crippen LogP contribution in [-0.2, 0) is 61.1 Å². The molecule has 1 aliphatic heterocycles. The number of esters is 1. The van der Waals surface area contributed by atoms with E-state index in [9.17, 15) is 27.9 Å². The molecule has 0 aliphatic carbocycles. The SMILES string of the molecule is CC(=O)N[C@H]1[C@@H](OCc2ccccc2)O[C@H](COCc2ccccc2)[C@@H](O)[C@@H]1O[C@H](C)C(=O)N[C@@H](C)C(=O)OCCS(=O)(=O)c1ccccc1. The zero-order valence-electron chi connectivity index (χ0n) is 28.2. The Balaban J connectivity index is 1.40. The Morgan fingerprint density at radius 2 is 1.46 bits per heavy atom. The fourth-order valence-electron chi connectivity index (χ4n) is 5.18. The van der Waals surface area contributed by atoms with Crippen LogP contribution in [0.25, 0.3) is 0 Å². The minimum Gasteiger partial charge on any atom is -0.463 e. The Morgan fingerprint density at radius 3 is 2.06 bits per heavy atom. The Bertz CT molecular complexity index is 1630. The summed E-state index contributed by atoms with van der Waals surface area (Å²) < 4.78 is 54.3. The van der Waals surface area contributed by atoms with Crippen LogP contribution in [0, 0.1) is 0 Å². The molecule has 0 spiro atoms. The van der Waals surface area contributed by atoms with E-state index in [0.29, 0.717) is 0 Å². The lowest BCUT2D eigenvalue weighted by Crippen LogP contribution is -2.66. The molecule has 0 bridgehead atoms. The van der Waals surface area contributed by atoms with E-state index in [0.717, 1.165) is 11.1 Å². The lowest BCUT2D eigenvalue weighted by molar-refractivity contribution is -0.286. The number of rotatable bonds is 17. The number of carbonyl (C=O) groups is 3. The third-order valence-electron chi connectivity index (χ3n) is 7.84. The number of hydrogen-bond donors (Lipinski definition) is 3. The summed E-state index contributed by atoms with van der Waals surface area (Å²) in [6, 6.07) is 24.3. The minimum absolute atomic E-state index is 0.0582. The average molecular weight is 713 g/mol. The second kappa shape index (κ2) is 18.7. The van der Waals surface area contributed by atoms with Gasteiger partial charge in [-0.15, -0.1) is 0 Å². The highest BCUT2D eigenvalue weighted by atomic mass is 32.2. The van der Waals surface area contributed by atoms with E-state index in [1.165, 1.54) is 32.9 Å². The van der Waals surface area contributed by atoms with Gasteiger partial charge in [-0.3, -0.25) is 9.59 Å². The normalized spacial score (nSPS) is 21.8. The number of ether oxygens (including phenoxy) is 5. The summed E-state index contributed by atoms with van der Waals surface area (Å²) in [6.07, 6.45) is -5.88. The minimum atomic E-state index is -3.67. The quantitative estimate of drug-likeness (QED) is 0.175. The fraction of sp³-hybridized carbons (Fsp3) is 0.417. The highest BCUT2D eigenvalue weighted by Crippen LogP contribution is 2.27. The van der Waals surface area contributed by atoms with Crippen molar-refractivity contribution >= 4 is 27.6 Å². The Morgan fingerprint density at radius 1 is 0.880 bits per heavy atom. The van der Waals surface area contributed by atoms with Crippen LogP contribution in [-0.4, -0.2) is 93.1 Å². The molecule has 1 aliphatic rings. The lowest BCUT2D eigenvalue weighted by Gasteiger charge is -2.45. The fourth-order valence-corrected chi connectivity index (χ4v) is 6.29. The molecule has 0 unspecified atom stereocenters. The first-order valence-electron chi connectivity index (χ1n) is 16.2. The van der Waals surface area contributed by atoms with Crippen LogP contribution in [0.15, 0.2) is 95.9 Å². The van der Waals surface area contributed by atoms with Crippen molar-refractivity contribution in [1.29, 1.82) is 0 Å². The first-order chi connectivity index (χ1) is 23.9. The number of hydrogen-bond acceptors (Lipinski definition) is 11. The highest BCUT2D eigenvalue weighted by Gasteiger charge is 2.48. The average Bonchev–Trinajstić information content (AvgIpc) is 3.11. The van der Waals surface area contributed by atoms with E-state index >= 15 is 0 Å². The van der Waals surface area contributed by atoms with Crippen LogP contribution in [0.1, 0.15) is 31.9 Å². The van der Waals surface area contributed by atoms with Crippen molar-refractivity contribution in [2.45, 2.75) is 81.7 Å². The summed E-state index contributed by atoms with van der Waals surface area (Å²) in [5.41, 5.74) is 1.75. The molecule has 1 fully saturated rings. The molecule has 3 aromatic carbocycles. The van der Waals surface area contributed by atoms with Gasteiger partial charge in [-0.05, 0) is 37.1 Å². The molecule has 3 N–H and O–H groups in total. The van der Waals surface area contributed by atoms with Crippen molar-refractivity contribution in [2.24, 2.45) is 0 Å². The molecule has 0 aromatic heterocycles. The van der Waals surface area contributed by atoms with Gasteiger partial charge in [0.15, 0.2) is 16.1 Å². The number of carbonyl (C=O) groups excluding carboxylic acids is 3. The van der Waals surface area contributed by atoms with Crippen molar-refractivity contribution < 1.29 is 51.6 Å². The number of aliphatic hydroxyl groups is 1. The van der Waals surface area contributed by atoms with Gasteiger partial charge in [-0.2, -0.15) is 0 Å². The van der Waals surface area contributed by atoms with Crippen molar-refractivity contribution in [3.63, 3.8) is 0 Å². The monoisotopic (exact) mass is 712 g/mol. The molecule has 50 heavy (non-hydrogen) atoms. The molecule has 1 saturated heterocycles. The zero-order chi connectivity index (χ0) is 36.1. The van der Waals surface area contributed by atoms with Crippen molar-refractivity contribution in [2.75, 3.05) is 19.0 Å². The van der Waals surface area contributed by atoms with Crippen molar-refractivity contribution in [3.8, 4) is 0 Å². The lowest BCUT2D eigenvalue weighted by atomic mass is 9.96. The Hall–Kier alpha value is -4.18. The molecular weight excluding hydrogens is 668 g/mol. The van der Waals surface area contributed by atoms with Crippen LogP contribution < -0.4 is 10.6 Å². The third kappa shape index (κ3) is 11.4. The van der Waals surface area contributed by atoms with Gasteiger partial charge < -0.3 is 39.4 Å². The van der Waals surface area contributed by atoms with Crippen LogP contribution in [0.3, 0.4) is 0 Å². The van der Waals surface area contributed by atoms with Gasteiger partial charge in [-0.25, -0.2) is 13.2 Å². The first-order valence-corrected chi connectivity index (χ1v) is 17.9. The summed E-state index contributed by atoms with van der Waals surface area (Å²) in [7, 11) is -3.67. The largest absolute Gasteiger partial charge is 0.463 e. The zero-order valence-corrected chi connectivity index (χ0v) is 29.0. The maximum absolute atomic E-state index is 13.2. The van der Waals surface area contributed by atoms with Gasteiger partial charge in [-0.1, -0.05) is 78.9 Å². The summed E-state index contributed by atoms with van der Waals surface area (Å²) in [6.45, 7) is 3.99. The van der Waals surface area contributed by atoms with E-state index < -0.39 is 82.8 Å². The predicted molar refractivity (Wildman–Crippen MR) is 181 cm³/mol. The molecule has 270 valence electrons. The maximum atomic E-state index is 13.2. The van der Waals surface area contributed by atoms with E-state index in [2.05, 4.69) is 10.6 Å². The standard InChI is InChI=1S/C36H44N2O11S/c1-24(35(42)46-19-20-50(43,44)29-17-11-6-12-18-29)37-34(41)25(2)48-33-31(38-26(3)39)36(47-22-28-15-9-5-10-16-28)49-30(32(33)40)23-45-21-27-13-7-4-8-14-27/h4-18,24-25,30-33,36,40H,19-23H2,1-3H3,(H,37,41)(H,38,39)/t24-,25+,30+,31+,32+,33+,36-/m0/s1. The van der Waals surface area contributed by atoms with Gasteiger partial charge in [0.05, 0.1) is 30.5 Å². The molecule has 0 saturated carbocycles. The second-order valence-electron chi connectivity index (χ2n) is 11.8. The van der Waals surface area contributed by atoms with E-state index in [-0.39, 0.29) is 24.7 Å². The number of benzene rings is 3. The Kier molecular flexibility index (Phi) is 14.5. The molecular formula is C36H44N2O11S. The van der Waals surface area contributed by atoms with Gasteiger partial charge in [0.1, 0.15) is 43.1 Å². The van der Waals surface area contributed by atoms with Gasteiger partial charge in [0.2, 0.25) is 11.8 Å². The Labute approximate surface area is 292 Å². The second-order valence-corrected chi connectivity index (χ2v) is 13.9. The van der Waals surface area contributed by atoms with Crippen LogP contribution >= 0.6 is 0 Å². The van der Waals surface area contributed by atoms with Crippen LogP contribution in [0.4, 0.5) is 0 Å². The first kappa shape index (κ1) is 38.6. The van der Waals surface area contributed by atoms with Gasteiger partial charge >= 0.3 is 5.97 Å². The number of aliphatic hydroxyl groups excluding tert-OH is 1. The molecule has 1 heterocycles. The molecule has 14 heteroatoms. The predicted octanol–water partition coefficient (Wildman–Crippen LogP) is 2.31. The smallest absolute Gasteiger partial charge is 0.328 e. The van der Waals surface area contributed by atoms with Gasteiger partial charge in [0, 0.05) is 6.92 Å². The molecule has 0 radical (unpaired) electrons. The summed E-state index contributed by atoms with van der Waals surface area (Å²) in [5, 5.41) is 16.7. The molecule has 2 amide bonds. The molecule has 7 atom stereocenters. The van der Waals surface area contributed by atoms with Crippen molar-refractivity contribution in [3.05, 3.63) is 102 Å².